The lowest BCUT2D eigenvalue weighted by atomic mass is 9.94. The van der Waals surface area contributed by atoms with Crippen molar-refractivity contribution in [1.29, 1.82) is 10.5 Å². The predicted molar refractivity (Wildman–Crippen MR) is 422 cm³/mol. The van der Waals surface area contributed by atoms with Crippen LogP contribution in [0.1, 0.15) is 156 Å². The minimum absolute atomic E-state index is 0.0707. The molecule has 5 aliphatic rings. The van der Waals surface area contributed by atoms with E-state index in [1.807, 2.05) is 44.5 Å². The van der Waals surface area contributed by atoms with Gasteiger partial charge in [-0.2, -0.15) is 10.5 Å². The lowest BCUT2D eigenvalue weighted by Gasteiger charge is -2.39. The number of halogens is 1. The molecule has 586 valence electrons. The van der Waals surface area contributed by atoms with Crippen LogP contribution < -0.4 is 0 Å². The van der Waals surface area contributed by atoms with Gasteiger partial charge >= 0.3 is 11.9 Å². The van der Waals surface area contributed by atoms with E-state index in [0.717, 1.165) is 19.8 Å². The molecule has 5 heterocycles. The Morgan fingerprint density at radius 2 is 0.942 bits per heavy atom. The highest BCUT2D eigenvalue weighted by Crippen LogP contribution is 2.57. The first kappa shape index (κ1) is 98.6. The molecule has 0 aliphatic carbocycles. The van der Waals surface area contributed by atoms with E-state index in [-0.39, 0.29) is 109 Å². The second kappa shape index (κ2) is 41.9. The summed E-state index contributed by atoms with van der Waals surface area (Å²) in [5.41, 5.74) is -0.386. The van der Waals surface area contributed by atoms with Gasteiger partial charge in [0.2, 0.25) is 0 Å². The predicted octanol–water partition coefficient (Wildman–Crippen LogP) is 14.5. The summed E-state index contributed by atoms with van der Waals surface area (Å²) in [5, 5.41) is 18.0. The van der Waals surface area contributed by atoms with Crippen molar-refractivity contribution in [2.24, 2.45) is 0 Å². The minimum Gasteiger partial charge on any atom is -0.459 e. The Bertz CT molecular complexity index is 2840. The third-order valence-corrected chi connectivity index (χ3v) is 38.3. The van der Waals surface area contributed by atoms with Gasteiger partial charge in [0.15, 0.2) is 28.7 Å². The summed E-state index contributed by atoms with van der Waals surface area (Å²) in [6.07, 6.45) is -0.702. The van der Waals surface area contributed by atoms with E-state index < -0.39 is 141 Å². The first-order valence-electron chi connectivity index (χ1n) is 35.7. The molecule has 0 aromatic carbocycles. The molecule has 0 bridgehead atoms. The Balaban J connectivity index is 0.000000475. The highest BCUT2D eigenvalue weighted by molar-refractivity contribution is 7.65. The number of nitriles is 2. The highest BCUT2D eigenvalue weighted by Gasteiger charge is 2.56. The quantitative estimate of drug-likeness (QED) is 0.0199. The third kappa shape index (κ3) is 32.7. The van der Waals surface area contributed by atoms with Crippen molar-refractivity contribution in [3.8, 4) is 12.1 Å². The molecule has 0 aromatic rings. The average Bonchev–Trinajstić information content (AvgIpc) is 1.61. The van der Waals surface area contributed by atoms with E-state index in [2.05, 4.69) is 106 Å². The smallest absolute Gasteiger partial charge is 0.303 e. The topological polar surface area (TPSA) is 280 Å². The number of ether oxygens (including phenoxy) is 7. The molecule has 8 unspecified atom stereocenters. The fourth-order valence-corrected chi connectivity index (χ4v) is 21.1. The molecular formula is C67H127B4FN4O19P6Si2. The molecule has 103 heavy (non-hydrogen) atoms. The van der Waals surface area contributed by atoms with Crippen LogP contribution in [0.3, 0.4) is 0 Å². The van der Waals surface area contributed by atoms with Gasteiger partial charge in [-0.3, -0.25) is 9.59 Å². The zero-order valence-electron chi connectivity index (χ0n) is 67.4. The molecule has 0 saturated carbocycles. The number of carbonyl (C=O) groups excluding carboxylic acids is 2. The monoisotopic (exact) mass is 1600 g/mol. The van der Waals surface area contributed by atoms with E-state index in [1.165, 1.54) is 20.3 Å². The van der Waals surface area contributed by atoms with Crippen LogP contribution >= 0.6 is 45.6 Å². The maximum Gasteiger partial charge on any atom is 0.303 e. The van der Waals surface area contributed by atoms with Gasteiger partial charge in [-0.25, -0.2) is 13.7 Å². The number of hydrogen-bond donors (Lipinski definition) is 0. The van der Waals surface area contributed by atoms with Crippen molar-refractivity contribution in [2.45, 2.75) is 325 Å². The Labute approximate surface area is 630 Å². The van der Waals surface area contributed by atoms with Crippen LogP contribution in [0.5, 0.6) is 0 Å². The van der Waals surface area contributed by atoms with Crippen LogP contribution in [0.2, 0.25) is 36.3 Å². The van der Waals surface area contributed by atoms with E-state index in [4.69, 9.17) is 102 Å². The minimum atomic E-state index is -3.21. The lowest BCUT2D eigenvalue weighted by Crippen LogP contribution is -2.46. The normalized spacial score (nSPS) is 28.4. The number of esters is 2. The van der Waals surface area contributed by atoms with Crippen LogP contribution in [-0.2, 0) is 88.0 Å². The number of hydrogen-bond acceptors (Lipinski definition) is 23. The average molecular weight is 1600 g/mol. The summed E-state index contributed by atoms with van der Waals surface area (Å²) in [7, 11) is 7.55. The van der Waals surface area contributed by atoms with Gasteiger partial charge in [0.05, 0.1) is 94.2 Å². The molecule has 23 nitrogen and oxygen atoms in total. The first-order chi connectivity index (χ1) is 46.7. The number of rotatable bonds is 32. The van der Waals surface area contributed by atoms with Crippen molar-refractivity contribution >= 4 is 106 Å². The Kier molecular flexibility index (Phi) is 40.1. The fraction of sp³-hybridized carbons (Fsp3) is 0.910. The van der Waals surface area contributed by atoms with E-state index in [9.17, 15) is 32.2 Å². The molecule has 36 heteroatoms. The fourth-order valence-electron chi connectivity index (χ4n) is 11.0. The second-order valence-corrected chi connectivity index (χ2v) is 59.0. The molecular weight excluding hydrogens is 1470 g/mol. The maximum atomic E-state index is 14.9. The molecule has 0 N–H and O–H groups in total. The zero-order chi connectivity index (χ0) is 79.8. The number of nitrogens with zero attached hydrogens (tertiary/aromatic N) is 4. The summed E-state index contributed by atoms with van der Waals surface area (Å²) in [5.74, 6) is -1.46. The van der Waals surface area contributed by atoms with Gasteiger partial charge in [0.1, 0.15) is 70.9 Å². The van der Waals surface area contributed by atoms with Crippen molar-refractivity contribution < 1.29 is 92.3 Å². The largest absolute Gasteiger partial charge is 0.459 e. The summed E-state index contributed by atoms with van der Waals surface area (Å²) in [6, 6.07) is 2.15. The summed E-state index contributed by atoms with van der Waals surface area (Å²) >= 11 is 0. The number of carbonyl (C=O) groups is 2. The van der Waals surface area contributed by atoms with Gasteiger partial charge in [-0.1, -0.05) is 54.5 Å². The molecule has 5 fully saturated rings. The molecule has 20 atom stereocenters. The van der Waals surface area contributed by atoms with Crippen LogP contribution in [0.4, 0.5) is 4.39 Å². The molecule has 5 rings (SSSR count). The summed E-state index contributed by atoms with van der Waals surface area (Å²) in [6.45, 7) is 56.0. The number of epoxide rings is 1. The lowest BCUT2D eigenvalue weighted by molar-refractivity contribution is -0.156. The first-order valence-corrected chi connectivity index (χ1v) is 54.5. The van der Waals surface area contributed by atoms with Crippen molar-refractivity contribution in [3.05, 3.63) is 11.9 Å². The van der Waals surface area contributed by atoms with Gasteiger partial charge in [0.25, 0.3) is 17.1 Å². The Morgan fingerprint density at radius 3 is 1.27 bits per heavy atom. The molecule has 0 aromatic heterocycles. The molecule has 0 spiro atoms. The number of alkyl halides is 1. The van der Waals surface area contributed by atoms with E-state index in [1.54, 1.807) is 52.7 Å². The summed E-state index contributed by atoms with van der Waals surface area (Å²) < 4.78 is 144. The van der Waals surface area contributed by atoms with Crippen LogP contribution in [0.15, 0.2) is 11.9 Å². The van der Waals surface area contributed by atoms with Gasteiger partial charge in [-0.15, -0.1) is 0 Å². The molecule has 5 aliphatic heterocycles. The van der Waals surface area contributed by atoms with Crippen LogP contribution in [0, 0.1) is 22.7 Å². The maximum absolute atomic E-state index is 14.9. The van der Waals surface area contributed by atoms with Crippen molar-refractivity contribution in [3.63, 3.8) is 0 Å². The second-order valence-electron chi connectivity index (χ2n) is 33.0. The SMILES string of the molecule is [B][C@@H]1O[C@H](/C=C/P(C)(C)=O)C[C@@H]1O[Si](C)(C)C(C)(C)C.[B][C@@H]1O[C@H](C(OC(C)=O)C(C)P(C)(C)=O)C[C@@H]1OP(OCCC#N)N(C(C)C)C(C)C.[B][C@@H]1O[C@H](C(OC(C)=O)C(F)P(C)(C)=O)C[C@@H]1OP(OCCC#N)N(C(C)C)C(C)C.[B][C@@H]1O[C@H](C2OC2P(C)(C)=O)C[C@@H]1O[Si](C)(C)C(C)(C)C. The van der Waals surface area contributed by atoms with Crippen molar-refractivity contribution in [2.75, 3.05) is 66.5 Å². The molecule has 0 amide bonds. The van der Waals surface area contributed by atoms with Crippen molar-refractivity contribution in [1.82, 2.24) is 9.34 Å². The zero-order valence-corrected chi connectivity index (χ0v) is 74.8. The highest BCUT2D eigenvalue weighted by atomic mass is 31.2. The standard InChI is InChI=1S/C20H37BN2O6P2.C19H34BFN2O6P2.C14H28BO4PSi.C14H28BO3PSi/c1-13(2)23(14(3)4)30(26-11-9-10-22)29-18-12-17(28-20(18)21)19(27-16(6)24)15(5)31(7,8)25;1-12(2)23(13(3)4)30(26-10-8-9-22)29-16-11-15(28-18(16)20)17(27-14(5)24)19(21)31(6,7)25;1-14(2,3)21(6,7)19-10-8-9(17-12(10)15)11-13(18-11)20(4,5)16;1-14(2,3)20(6,7)18-12-10-11(17-13(12)15)8-9-19(4,5)16/h13-15,17-20H,9,11-12H2,1-8H3;12-13,15-19H,8,10-11H2,1-7H3;9-13H,8H2,1-7H3;8-9,11-13H,10H2,1-7H3/b;;;9-8+/t15?,17-,18-,19?,20+,30?;15-,16-,17?,18+,19?,30?;9-,10-,11?,12+,13?;11-,12+,13-/m0001/s1. The third-order valence-electron chi connectivity index (χ3n) is 18.7. The van der Waals surface area contributed by atoms with E-state index >= 15 is 0 Å². The summed E-state index contributed by atoms with van der Waals surface area (Å²) in [4.78, 5) is 23.2. The molecule has 8 radical (unpaired) electrons. The van der Waals surface area contributed by atoms with Gasteiger partial charge in [0, 0.05) is 93.4 Å². The van der Waals surface area contributed by atoms with Crippen LogP contribution in [0.25, 0.3) is 0 Å². The Hall–Kier alpha value is -0.456. The Morgan fingerprint density at radius 1 is 0.573 bits per heavy atom. The van der Waals surface area contributed by atoms with E-state index in [0.29, 0.717) is 6.42 Å². The molecule has 5 saturated heterocycles. The van der Waals surface area contributed by atoms with Gasteiger partial charge < -0.3 is 78.4 Å². The van der Waals surface area contributed by atoms with Crippen LogP contribution in [-0.4, -0.2) is 269 Å². The van der Waals surface area contributed by atoms with Gasteiger partial charge in [-0.05, 0) is 151 Å².